The van der Waals surface area contributed by atoms with Gasteiger partial charge in [-0.15, -0.1) is 0 Å². The Morgan fingerprint density at radius 1 is 1.25 bits per heavy atom. The molecule has 0 spiro atoms. The van der Waals surface area contributed by atoms with E-state index in [0.29, 0.717) is 17.2 Å². The summed E-state index contributed by atoms with van der Waals surface area (Å²) in [6, 6.07) is 5.49. The Labute approximate surface area is 144 Å². The summed E-state index contributed by atoms with van der Waals surface area (Å²) in [5.74, 6) is 1.08. The Morgan fingerprint density at radius 2 is 1.88 bits per heavy atom. The van der Waals surface area contributed by atoms with Crippen molar-refractivity contribution in [2.24, 2.45) is 5.92 Å². The van der Waals surface area contributed by atoms with Crippen LogP contribution in [0.15, 0.2) is 18.2 Å². The van der Waals surface area contributed by atoms with Crippen LogP contribution in [-0.4, -0.2) is 37.9 Å². The molecule has 3 rings (SSSR count). The number of carbonyl (C=O) groups excluding carboxylic acids is 1. The molecule has 1 saturated heterocycles. The van der Waals surface area contributed by atoms with Crippen molar-refractivity contribution < 1.29 is 18.8 Å². The Balaban J connectivity index is 1.82. The van der Waals surface area contributed by atoms with Gasteiger partial charge in [-0.05, 0) is 64.1 Å². The van der Waals surface area contributed by atoms with Crippen molar-refractivity contribution in [3.05, 3.63) is 23.8 Å². The number of nitrogens with one attached hydrogen (secondary N) is 1. The fourth-order valence-electron chi connectivity index (χ4n) is 2.68. The number of benzene rings is 1. The molecule has 1 amide bonds. The van der Waals surface area contributed by atoms with Crippen LogP contribution in [0.25, 0.3) is 0 Å². The third kappa shape index (κ3) is 3.30. The van der Waals surface area contributed by atoms with Gasteiger partial charge in [0.15, 0.2) is 0 Å². The van der Waals surface area contributed by atoms with Gasteiger partial charge in [0.25, 0.3) is 5.91 Å². The van der Waals surface area contributed by atoms with E-state index < -0.39 is 18.3 Å². The predicted octanol–water partition coefficient (Wildman–Crippen LogP) is 2.13. The van der Waals surface area contributed by atoms with Crippen LogP contribution in [0.2, 0.25) is 0 Å². The molecule has 0 radical (unpaired) electrons. The van der Waals surface area contributed by atoms with Gasteiger partial charge in [-0.1, -0.05) is 6.07 Å². The first-order valence-corrected chi connectivity index (χ1v) is 8.55. The van der Waals surface area contributed by atoms with Crippen LogP contribution >= 0.6 is 0 Å². The molecule has 0 aromatic heterocycles. The summed E-state index contributed by atoms with van der Waals surface area (Å²) in [7, 11) is 1.08. The fourth-order valence-corrected chi connectivity index (χ4v) is 2.68. The number of carbonyl (C=O) groups is 1. The minimum atomic E-state index is -0.490. The maximum Gasteiger partial charge on any atom is 0.494 e. The van der Waals surface area contributed by atoms with Crippen molar-refractivity contribution in [1.82, 2.24) is 5.32 Å². The molecule has 1 heterocycles. The van der Waals surface area contributed by atoms with E-state index >= 15 is 0 Å². The third-order valence-electron chi connectivity index (χ3n) is 5.24. The van der Waals surface area contributed by atoms with Gasteiger partial charge in [-0.2, -0.15) is 0 Å². The van der Waals surface area contributed by atoms with Gasteiger partial charge < -0.3 is 19.4 Å². The van der Waals surface area contributed by atoms with E-state index in [1.165, 1.54) is 12.8 Å². The molecule has 1 N–H and O–H groups in total. The number of rotatable bonds is 5. The summed E-state index contributed by atoms with van der Waals surface area (Å²) in [5.41, 5.74) is 0.522. The van der Waals surface area contributed by atoms with Gasteiger partial charge in [0.05, 0.1) is 23.9 Å². The van der Waals surface area contributed by atoms with Crippen LogP contribution < -0.4 is 15.5 Å². The van der Waals surface area contributed by atoms with Crippen molar-refractivity contribution in [1.29, 1.82) is 0 Å². The van der Waals surface area contributed by atoms with Crippen LogP contribution in [0.5, 0.6) is 5.75 Å². The number of amides is 1. The highest BCUT2D eigenvalue weighted by Gasteiger charge is 2.51. The van der Waals surface area contributed by atoms with Crippen molar-refractivity contribution in [2.45, 2.75) is 51.7 Å². The molecule has 24 heavy (non-hydrogen) atoms. The van der Waals surface area contributed by atoms with Gasteiger partial charge in [-0.25, -0.2) is 0 Å². The van der Waals surface area contributed by atoms with Gasteiger partial charge in [0.2, 0.25) is 0 Å². The number of hydrogen-bond donors (Lipinski definition) is 1. The molecule has 1 saturated carbocycles. The molecular formula is C18H26BNO4. The first kappa shape index (κ1) is 17.3. The average Bonchev–Trinajstić information content (AvgIpc) is 3.31. The summed E-state index contributed by atoms with van der Waals surface area (Å²) in [6.07, 6.45) is 2.40. The fraction of sp³-hybridized carbons (Fsp3) is 0.611. The van der Waals surface area contributed by atoms with Gasteiger partial charge >= 0.3 is 7.12 Å². The second-order valence-corrected chi connectivity index (χ2v) is 7.70. The molecule has 1 aromatic carbocycles. The van der Waals surface area contributed by atoms with Crippen LogP contribution in [0, 0.1) is 5.92 Å². The topological polar surface area (TPSA) is 56.8 Å². The van der Waals surface area contributed by atoms with Crippen LogP contribution in [0.1, 0.15) is 50.9 Å². The smallest absolute Gasteiger partial charge is 0.494 e. The zero-order chi connectivity index (χ0) is 17.5. The lowest BCUT2D eigenvalue weighted by molar-refractivity contribution is 0.00578. The van der Waals surface area contributed by atoms with Crippen molar-refractivity contribution in [2.75, 3.05) is 13.7 Å². The monoisotopic (exact) mass is 331 g/mol. The summed E-state index contributed by atoms with van der Waals surface area (Å²) < 4.78 is 17.5. The average molecular weight is 331 g/mol. The molecule has 1 aliphatic carbocycles. The normalized spacial score (nSPS) is 21.6. The first-order valence-electron chi connectivity index (χ1n) is 8.55. The highest BCUT2D eigenvalue weighted by Crippen LogP contribution is 2.36. The first-order chi connectivity index (χ1) is 11.2. The maximum absolute atomic E-state index is 12.5. The molecule has 0 atom stereocenters. The lowest BCUT2D eigenvalue weighted by Gasteiger charge is -2.32. The van der Waals surface area contributed by atoms with Gasteiger partial charge in [-0.3, -0.25) is 4.79 Å². The molecular weight excluding hydrogens is 305 g/mol. The SMILES string of the molecule is COc1ccc(B2OC(C)(C)C(C)(C)O2)cc1C(=O)NCC1CC1. The lowest BCUT2D eigenvalue weighted by Crippen LogP contribution is -2.41. The molecule has 6 heteroatoms. The molecule has 0 unspecified atom stereocenters. The van der Waals surface area contributed by atoms with E-state index in [4.69, 9.17) is 14.0 Å². The van der Waals surface area contributed by atoms with Gasteiger partial charge in [0.1, 0.15) is 5.75 Å². The predicted molar refractivity (Wildman–Crippen MR) is 93.8 cm³/mol. The maximum atomic E-state index is 12.5. The quantitative estimate of drug-likeness (QED) is 0.840. The van der Waals surface area contributed by atoms with E-state index in [0.717, 1.165) is 12.0 Å². The largest absolute Gasteiger partial charge is 0.496 e. The summed E-state index contributed by atoms with van der Waals surface area (Å²) >= 11 is 0. The highest BCUT2D eigenvalue weighted by molar-refractivity contribution is 6.62. The van der Waals surface area contributed by atoms with Gasteiger partial charge in [0, 0.05) is 6.54 Å². The molecule has 0 bridgehead atoms. The highest BCUT2D eigenvalue weighted by atomic mass is 16.7. The standard InChI is InChI=1S/C18H26BNO4/c1-17(2)18(3,4)24-19(23-17)13-8-9-15(22-5)14(10-13)16(21)20-11-12-6-7-12/h8-10,12H,6-7,11H2,1-5H3,(H,20,21). The number of hydrogen-bond acceptors (Lipinski definition) is 4. The molecule has 5 nitrogen and oxygen atoms in total. The number of ether oxygens (including phenoxy) is 1. The summed E-state index contributed by atoms with van der Waals surface area (Å²) in [6.45, 7) is 8.78. The van der Waals surface area contributed by atoms with E-state index in [1.807, 2.05) is 39.8 Å². The Bertz CT molecular complexity index is 624. The molecule has 2 aliphatic rings. The third-order valence-corrected chi connectivity index (χ3v) is 5.24. The minimum absolute atomic E-state index is 0.114. The minimum Gasteiger partial charge on any atom is -0.496 e. The van der Waals surface area contributed by atoms with Crippen molar-refractivity contribution in [3.63, 3.8) is 0 Å². The second kappa shape index (κ2) is 6.08. The summed E-state index contributed by atoms with van der Waals surface area (Å²) in [5, 5.41) is 2.99. The van der Waals surface area contributed by atoms with E-state index in [1.54, 1.807) is 13.2 Å². The molecule has 1 aliphatic heterocycles. The zero-order valence-electron chi connectivity index (χ0n) is 15.1. The molecule has 2 fully saturated rings. The zero-order valence-corrected chi connectivity index (χ0v) is 15.1. The Morgan fingerprint density at radius 3 is 2.42 bits per heavy atom. The van der Waals surface area contributed by atoms with Crippen molar-refractivity contribution >= 4 is 18.5 Å². The van der Waals surface area contributed by atoms with E-state index in [9.17, 15) is 4.79 Å². The second-order valence-electron chi connectivity index (χ2n) is 7.70. The Hall–Kier alpha value is -1.53. The van der Waals surface area contributed by atoms with Crippen LogP contribution in [0.3, 0.4) is 0 Å². The van der Waals surface area contributed by atoms with E-state index in [-0.39, 0.29) is 5.91 Å². The van der Waals surface area contributed by atoms with Crippen molar-refractivity contribution in [3.8, 4) is 5.75 Å². The molecule has 130 valence electrons. The lowest BCUT2D eigenvalue weighted by atomic mass is 9.78. The number of methoxy groups -OCH3 is 1. The van der Waals surface area contributed by atoms with Crippen LogP contribution in [0.4, 0.5) is 0 Å². The van der Waals surface area contributed by atoms with E-state index in [2.05, 4.69) is 5.32 Å². The van der Waals surface area contributed by atoms with Crippen LogP contribution in [-0.2, 0) is 9.31 Å². The molecule has 1 aromatic rings. The Kier molecular flexibility index (Phi) is 4.38. The summed E-state index contributed by atoms with van der Waals surface area (Å²) in [4.78, 5) is 12.5.